The number of anilines is 1. The average molecular weight is 498 g/mol. The van der Waals surface area contributed by atoms with E-state index in [0.717, 1.165) is 22.5 Å². The van der Waals surface area contributed by atoms with Gasteiger partial charge in [-0.3, -0.25) is 14.8 Å². The molecule has 3 aromatic rings. The summed E-state index contributed by atoms with van der Waals surface area (Å²) in [5.74, 6) is 0.542. The van der Waals surface area contributed by atoms with Gasteiger partial charge >= 0.3 is 6.09 Å². The standard InChI is InChI=1S/C25H28ClN5O4/c1-25(2,3)35-24(33)31(4)15-18-8-7-17(13-27-18)20-9-6-16(12-28-20)10-23(32)30-22-11-21(34-5)19(26)14-29-22/h6-9,11-14H,10,15H2,1-5H3,(H,29,30,32). The second-order valence-corrected chi connectivity index (χ2v) is 9.26. The molecular formula is C25H28ClN5O4. The molecule has 0 aromatic carbocycles. The van der Waals surface area contributed by atoms with Gasteiger partial charge in [-0.05, 0) is 44.5 Å². The van der Waals surface area contributed by atoms with Crippen LogP contribution in [-0.2, 0) is 22.5 Å². The van der Waals surface area contributed by atoms with E-state index in [2.05, 4.69) is 20.3 Å². The third-order valence-corrected chi connectivity index (χ3v) is 5.01. The third-order valence-electron chi connectivity index (χ3n) is 4.72. The van der Waals surface area contributed by atoms with Gasteiger partial charge in [0.1, 0.15) is 22.2 Å². The lowest BCUT2D eigenvalue weighted by atomic mass is 10.1. The zero-order chi connectivity index (χ0) is 25.6. The highest BCUT2D eigenvalue weighted by Gasteiger charge is 2.20. The molecule has 0 unspecified atom stereocenters. The summed E-state index contributed by atoms with van der Waals surface area (Å²) in [5.41, 5.74) is 2.46. The highest BCUT2D eigenvalue weighted by Crippen LogP contribution is 2.25. The Bertz CT molecular complexity index is 1180. The Labute approximate surface area is 209 Å². The molecule has 0 saturated heterocycles. The van der Waals surface area contributed by atoms with Gasteiger partial charge in [0.15, 0.2) is 0 Å². The summed E-state index contributed by atoms with van der Waals surface area (Å²) >= 11 is 5.96. The van der Waals surface area contributed by atoms with Crippen LogP contribution in [-0.4, -0.2) is 51.6 Å². The molecule has 0 bridgehead atoms. The summed E-state index contributed by atoms with van der Waals surface area (Å²) < 4.78 is 10.5. The van der Waals surface area contributed by atoms with E-state index < -0.39 is 11.7 Å². The molecule has 0 spiro atoms. The lowest BCUT2D eigenvalue weighted by molar-refractivity contribution is -0.115. The summed E-state index contributed by atoms with van der Waals surface area (Å²) in [6, 6.07) is 8.95. The Morgan fingerprint density at radius 2 is 1.83 bits per heavy atom. The average Bonchev–Trinajstić information content (AvgIpc) is 2.80. The van der Waals surface area contributed by atoms with Crippen LogP contribution in [0.3, 0.4) is 0 Å². The van der Waals surface area contributed by atoms with E-state index in [9.17, 15) is 9.59 Å². The zero-order valence-corrected chi connectivity index (χ0v) is 21.1. The summed E-state index contributed by atoms with van der Waals surface area (Å²) in [6.45, 7) is 5.80. The summed E-state index contributed by atoms with van der Waals surface area (Å²) in [6.07, 6.45) is 4.49. The maximum absolute atomic E-state index is 12.4. The largest absolute Gasteiger partial charge is 0.495 e. The molecule has 10 heteroatoms. The van der Waals surface area contributed by atoms with Crippen LogP contribution in [0.15, 0.2) is 48.9 Å². The van der Waals surface area contributed by atoms with Crippen LogP contribution < -0.4 is 10.1 Å². The number of aromatic nitrogens is 3. The number of methoxy groups -OCH3 is 1. The number of nitrogens with one attached hydrogen (secondary N) is 1. The molecule has 0 aliphatic carbocycles. The van der Waals surface area contributed by atoms with Crippen molar-refractivity contribution in [3.05, 3.63) is 65.2 Å². The number of rotatable bonds is 7. The van der Waals surface area contributed by atoms with Gasteiger partial charge in [0.25, 0.3) is 0 Å². The Morgan fingerprint density at radius 3 is 2.43 bits per heavy atom. The van der Waals surface area contributed by atoms with Crippen molar-refractivity contribution in [3.8, 4) is 17.0 Å². The van der Waals surface area contributed by atoms with E-state index in [-0.39, 0.29) is 12.3 Å². The lowest BCUT2D eigenvalue weighted by Crippen LogP contribution is -2.34. The normalized spacial score (nSPS) is 11.0. The molecule has 0 fully saturated rings. The molecule has 3 rings (SSSR count). The maximum atomic E-state index is 12.4. The molecule has 9 nitrogen and oxygen atoms in total. The van der Waals surface area contributed by atoms with Gasteiger partial charge in [-0.15, -0.1) is 0 Å². The molecule has 0 aliphatic rings. The Morgan fingerprint density at radius 1 is 1.06 bits per heavy atom. The monoisotopic (exact) mass is 497 g/mol. The molecular weight excluding hydrogens is 470 g/mol. The van der Waals surface area contributed by atoms with Crippen molar-refractivity contribution < 1.29 is 19.1 Å². The van der Waals surface area contributed by atoms with Gasteiger partial charge in [0.2, 0.25) is 5.91 Å². The minimum Gasteiger partial charge on any atom is -0.495 e. The zero-order valence-electron chi connectivity index (χ0n) is 20.3. The first-order valence-corrected chi connectivity index (χ1v) is 11.3. The van der Waals surface area contributed by atoms with Crippen LogP contribution in [0, 0.1) is 0 Å². The Hall–Kier alpha value is -3.72. The molecule has 0 aliphatic heterocycles. The van der Waals surface area contributed by atoms with Gasteiger partial charge in [0, 0.05) is 31.1 Å². The van der Waals surface area contributed by atoms with E-state index >= 15 is 0 Å². The highest BCUT2D eigenvalue weighted by molar-refractivity contribution is 6.32. The van der Waals surface area contributed by atoms with Gasteiger partial charge in [0.05, 0.1) is 37.7 Å². The first-order chi connectivity index (χ1) is 16.5. The van der Waals surface area contributed by atoms with E-state index in [4.69, 9.17) is 21.1 Å². The molecule has 0 atom stereocenters. The number of amides is 2. The first kappa shape index (κ1) is 25.9. The van der Waals surface area contributed by atoms with E-state index in [1.165, 1.54) is 18.2 Å². The second kappa shape index (κ2) is 11.1. The third kappa shape index (κ3) is 7.65. The van der Waals surface area contributed by atoms with Crippen molar-refractivity contribution in [1.82, 2.24) is 19.9 Å². The number of pyridine rings is 3. The van der Waals surface area contributed by atoms with E-state index in [1.807, 2.05) is 45.0 Å². The predicted molar refractivity (Wildman–Crippen MR) is 133 cm³/mol. The lowest BCUT2D eigenvalue weighted by Gasteiger charge is -2.24. The topological polar surface area (TPSA) is 107 Å². The Balaban J connectivity index is 1.57. The van der Waals surface area contributed by atoms with Gasteiger partial charge in [-0.25, -0.2) is 9.78 Å². The van der Waals surface area contributed by atoms with Crippen molar-refractivity contribution in [1.29, 1.82) is 0 Å². The SMILES string of the molecule is COc1cc(NC(=O)Cc2ccc(-c3ccc(CN(C)C(=O)OC(C)(C)C)nc3)nc2)ncc1Cl. The number of hydrogen-bond donors (Lipinski definition) is 1. The molecule has 184 valence electrons. The second-order valence-electron chi connectivity index (χ2n) is 8.86. The minimum atomic E-state index is -0.554. The van der Waals surface area contributed by atoms with Crippen molar-refractivity contribution >= 4 is 29.4 Å². The van der Waals surface area contributed by atoms with Crippen molar-refractivity contribution in [3.63, 3.8) is 0 Å². The van der Waals surface area contributed by atoms with Crippen LogP contribution in [0.25, 0.3) is 11.3 Å². The maximum Gasteiger partial charge on any atom is 0.410 e. The van der Waals surface area contributed by atoms with Crippen LogP contribution in [0.5, 0.6) is 5.75 Å². The van der Waals surface area contributed by atoms with Crippen LogP contribution in [0.2, 0.25) is 5.02 Å². The molecule has 3 heterocycles. The molecule has 0 radical (unpaired) electrons. The Kier molecular flexibility index (Phi) is 8.24. The van der Waals surface area contributed by atoms with Gasteiger partial charge in [-0.2, -0.15) is 0 Å². The number of nitrogens with zero attached hydrogens (tertiary/aromatic N) is 4. The van der Waals surface area contributed by atoms with Crippen LogP contribution >= 0.6 is 11.6 Å². The molecule has 3 aromatic heterocycles. The van der Waals surface area contributed by atoms with Crippen LogP contribution in [0.4, 0.5) is 10.6 Å². The molecule has 35 heavy (non-hydrogen) atoms. The quantitative estimate of drug-likeness (QED) is 0.502. The van der Waals surface area contributed by atoms with Gasteiger partial charge < -0.3 is 19.7 Å². The van der Waals surface area contributed by atoms with E-state index in [0.29, 0.717) is 23.1 Å². The number of carbonyl (C=O) groups excluding carboxylic acids is 2. The molecule has 2 amide bonds. The van der Waals surface area contributed by atoms with E-state index in [1.54, 1.807) is 25.5 Å². The smallest absolute Gasteiger partial charge is 0.410 e. The van der Waals surface area contributed by atoms with Crippen molar-refractivity contribution in [2.45, 2.75) is 39.3 Å². The fourth-order valence-electron chi connectivity index (χ4n) is 3.03. The minimum absolute atomic E-state index is 0.133. The highest BCUT2D eigenvalue weighted by atomic mass is 35.5. The number of halogens is 1. The first-order valence-electron chi connectivity index (χ1n) is 10.9. The molecule has 0 saturated carbocycles. The van der Waals surface area contributed by atoms with Crippen LogP contribution in [0.1, 0.15) is 32.0 Å². The molecule has 1 N–H and O–H groups in total. The van der Waals surface area contributed by atoms with Crippen molar-refractivity contribution in [2.75, 3.05) is 19.5 Å². The fraction of sp³-hybridized carbons (Fsp3) is 0.320. The number of carbonyl (C=O) groups is 2. The predicted octanol–water partition coefficient (Wildman–Crippen LogP) is 4.75. The van der Waals surface area contributed by atoms with Gasteiger partial charge in [-0.1, -0.05) is 17.7 Å². The summed E-state index contributed by atoms with van der Waals surface area (Å²) in [4.78, 5) is 38.9. The number of ether oxygens (including phenoxy) is 2. The summed E-state index contributed by atoms with van der Waals surface area (Å²) in [5, 5.41) is 3.08. The van der Waals surface area contributed by atoms with Crippen molar-refractivity contribution in [2.24, 2.45) is 0 Å². The fourth-order valence-corrected chi connectivity index (χ4v) is 3.21. The summed E-state index contributed by atoms with van der Waals surface area (Å²) in [7, 11) is 3.16. The number of hydrogen-bond acceptors (Lipinski definition) is 7.